The van der Waals surface area contributed by atoms with E-state index in [1.807, 2.05) is 0 Å². The summed E-state index contributed by atoms with van der Waals surface area (Å²) in [5.74, 6) is -1.56. The van der Waals surface area contributed by atoms with E-state index in [9.17, 15) is 13.6 Å². The quantitative estimate of drug-likeness (QED) is 0.921. The van der Waals surface area contributed by atoms with Crippen LogP contribution in [0, 0.1) is 11.6 Å². The van der Waals surface area contributed by atoms with Crippen molar-refractivity contribution in [2.45, 2.75) is 6.42 Å². The average Bonchev–Trinajstić information content (AvgIpc) is 2.29. The second-order valence-electron chi connectivity index (χ2n) is 4.10. The van der Waals surface area contributed by atoms with Gasteiger partial charge in [0.1, 0.15) is 11.6 Å². The molecule has 0 radical (unpaired) electrons. The van der Waals surface area contributed by atoms with Crippen LogP contribution in [0.2, 0.25) is 5.02 Å². The Balaban J connectivity index is 2.58. The molecule has 0 aliphatic carbocycles. The van der Waals surface area contributed by atoms with Crippen LogP contribution in [0.1, 0.15) is 5.56 Å². The van der Waals surface area contributed by atoms with Crippen LogP contribution in [-0.2, 0) is 11.2 Å². The van der Waals surface area contributed by atoms with E-state index in [-0.39, 0.29) is 11.4 Å². The predicted octanol–water partition coefficient (Wildman–Crippen LogP) is 3.31. The number of benzene rings is 2. The maximum absolute atomic E-state index is 13.3. The molecule has 2 aromatic rings. The van der Waals surface area contributed by atoms with E-state index in [4.69, 9.17) is 17.3 Å². The molecule has 0 atom stereocenters. The summed E-state index contributed by atoms with van der Waals surface area (Å²) in [5, 5.41) is 0.198. The number of rotatable bonds is 3. The van der Waals surface area contributed by atoms with E-state index in [0.717, 1.165) is 6.07 Å². The van der Waals surface area contributed by atoms with Crippen LogP contribution in [0.3, 0.4) is 0 Å². The molecule has 2 nitrogen and oxygen atoms in total. The van der Waals surface area contributed by atoms with Crippen molar-refractivity contribution in [3.8, 4) is 11.1 Å². The van der Waals surface area contributed by atoms with Gasteiger partial charge in [-0.2, -0.15) is 0 Å². The molecule has 1 amide bonds. The molecule has 5 heteroatoms. The second kappa shape index (κ2) is 5.36. The van der Waals surface area contributed by atoms with Gasteiger partial charge in [0.15, 0.2) is 0 Å². The predicted molar refractivity (Wildman–Crippen MR) is 69.7 cm³/mol. The van der Waals surface area contributed by atoms with Crippen molar-refractivity contribution in [1.82, 2.24) is 0 Å². The first-order chi connectivity index (χ1) is 8.95. The fourth-order valence-corrected chi connectivity index (χ4v) is 2.09. The first-order valence-corrected chi connectivity index (χ1v) is 5.86. The maximum Gasteiger partial charge on any atom is 0.221 e. The summed E-state index contributed by atoms with van der Waals surface area (Å²) in [6.07, 6.45) is -0.0518. The zero-order valence-electron chi connectivity index (χ0n) is 9.79. The Morgan fingerprint density at radius 2 is 1.84 bits per heavy atom. The number of amides is 1. The summed E-state index contributed by atoms with van der Waals surface area (Å²) in [6.45, 7) is 0. The minimum absolute atomic E-state index is 0.0518. The highest BCUT2D eigenvalue weighted by Crippen LogP contribution is 2.28. The van der Waals surface area contributed by atoms with E-state index in [1.165, 1.54) is 30.3 Å². The van der Waals surface area contributed by atoms with Gasteiger partial charge in [-0.05, 0) is 47.0 Å². The van der Waals surface area contributed by atoms with Crippen molar-refractivity contribution in [2.24, 2.45) is 5.73 Å². The SMILES string of the molecule is NC(=O)Cc1ccc(F)cc1-c1cc(F)cc(Cl)c1. The van der Waals surface area contributed by atoms with Crippen molar-refractivity contribution < 1.29 is 13.6 Å². The Labute approximate surface area is 113 Å². The topological polar surface area (TPSA) is 43.1 Å². The number of halogens is 3. The Hall–Kier alpha value is -1.94. The molecule has 19 heavy (non-hydrogen) atoms. The van der Waals surface area contributed by atoms with Crippen molar-refractivity contribution in [3.05, 3.63) is 58.6 Å². The molecule has 0 fully saturated rings. The zero-order chi connectivity index (χ0) is 14.0. The molecule has 98 valence electrons. The number of hydrogen-bond acceptors (Lipinski definition) is 1. The molecule has 0 saturated carbocycles. The van der Waals surface area contributed by atoms with Gasteiger partial charge in [-0.1, -0.05) is 17.7 Å². The lowest BCUT2D eigenvalue weighted by Crippen LogP contribution is -2.14. The molecule has 0 aliphatic rings. The van der Waals surface area contributed by atoms with Gasteiger partial charge in [-0.15, -0.1) is 0 Å². The monoisotopic (exact) mass is 281 g/mol. The lowest BCUT2D eigenvalue weighted by Gasteiger charge is -2.09. The van der Waals surface area contributed by atoms with Crippen molar-refractivity contribution in [1.29, 1.82) is 0 Å². The third kappa shape index (κ3) is 3.29. The molecule has 2 aromatic carbocycles. The highest BCUT2D eigenvalue weighted by Gasteiger charge is 2.11. The van der Waals surface area contributed by atoms with Crippen LogP contribution in [-0.4, -0.2) is 5.91 Å². The molecule has 0 aromatic heterocycles. The lowest BCUT2D eigenvalue weighted by molar-refractivity contribution is -0.117. The van der Waals surface area contributed by atoms with Gasteiger partial charge in [0.05, 0.1) is 6.42 Å². The van der Waals surface area contributed by atoms with E-state index in [2.05, 4.69) is 0 Å². The number of carbonyl (C=O) groups is 1. The molecule has 2 N–H and O–H groups in total. The van der Waals surface area contributed by atoms with Gasteiger partial charge in [-0.3, -0.25) is 4.79 Å². The van der Waals surface area contributed by atoms with E-state index < -0.39 is 17.5 Å². The Kier molecular flexibility index (Phi) is 3.81. The maximum atomic E-state index is 13.3. The number of carbonyl (C=O) groups excluding carboxylic acids is 1. The van der Waals surface area contributed by atoms with Crippen LogP contribution in [0.4, 0.5) is 8.78 Å². The molecule has 0 unspecified atom stereocenters. The number of nitrogens with two attached hydrogens (primary N) is 1. The van der Waals surface area contributed by atoms with Crippen LogP contribution < -0.4 is 5.73 Å². The van der Waals surface area contributed by atoms with E-state index >= 15 is 0 Å². The Bertz CT molecular complexity index is 623. The largest absolute Gasteiger partial charge is 0.369 e. The fourth-order valence-electron chi connectivity index (χ4n) is 1.87. The zero-order valence-corrected chi connectivity index (χ0v) is 10.5. The van der Waals surface area contributed by atoms with Gasteiger partial charge in [0.2, 0.25) is 5.91 Å². The van der Waals surface area contributed by atoms with Crippen molar-refractivity contribution in [3.63, 3.8) is 0 Å². The van der Waals surface area contributed by atoms with Gasteiger partial charge >= 0.3 is 0 Å². The first kappa shape index (κ1) is 13.5. The van der Waals surface area contributed by atoms with Crippen LogP contribution >= 0.6 is 11.6 Å². The molecule has 0 spiro atoms. The van der Waals surface area contributed by atoms with Gasteiger partial charge in [0.25, 0.3) is 0 Å². The first-order valence-electron chi connectivity index (χ1n) is 5.49. The Morgan fingerprint density at radius 3 is 2.47 bits per heavy atom. The fraction of sp³-hybridized carbons (Fsp3) is 0.0714. The summed E-state index contributed by atoms with van der Waals surface area (Å²) in [5.41, 5.74) is 6.47. The van der Waals surface area contributed by atoms with Crippen LogP contribution in [0.5, 0.6) is 0 Å². The Morgan fingerprint density at radius 1 is 1.11 bits per heavy atom. The molecular formula is C14H10ClF2NO. The minimum atomic E-state index is -0.546. The number of primary amides is 1. The smallest absolute Gasteiger partial charge is 0.221 e. The summed E-state index contributed by atoms with van der Waals surface area (Å²) in [7, 11) is 0. The molecule has 0 bridgehead atoms. The minimum Gasteiger partial charge on any atom is -0.369 e. The highest BCUT2D eigenvalue weighted by atomic mass is 35.5. The molecule has 0 saturated heterocycles. The van der Waals surface area contributed by atoms with Crippen LogP contribution in [0.25, 0.3) is 11.1 Å². The van der Waals surface area contributed by atoms with Crippen LogP contribution in [0.15, 0.2) is 36.4 Å². The normalized spacial score (nSPS) is 10.5. The van der Waals surface area contributed by atoms with Crippen molar-refractivity contribution in [2.75, 3.05) is 0 Å². The van der Waals surface area contributed by atoms with Gasteiger partial charge in [0, 0.05) is 5.02 Å². The van der Waals surface area contributed by atoms with Crippen molar-refractivity contribution >= 4 is 17.5 Å². The standard InChI is InChI=1S/C14H10ClF2NO/c15-10-3-9(4-12(17)6-10)13-7-11(16)2-1-8(13)5-14(18)19/h1-4,6-7H,5H2,(H2,18,19). The number of hydrogen-bond donors (Lipinski definition) is 1. The summed E-state index contributed by atoms with van der Waals surface area (Å²) >= 11 is 5.77. The summed E-state index contributed by atoms with van der Waals surface area (Å²) < 4.78 is 26.7. The molecular weight excluding hydrogens is 272 g/mol. The van der Waals surface area contributed by atoms with E-state index in [1.54, 1.807) is 0 Å². The van der Waals surface area contributed by atoms with Gasteiger partial charge in [-0.25, -0.2) is 8.78 Å². The molecule has 2 rings (SSSR count). The summed E-state index contributed by atoms with van der Waals surface area (Å²) in [6, 6.07) is 7.79. The summed E-state index contributed by atoms with van der Waals surface area (Å²) in [4.78, 5) is 11.0. The molecule has 0 aliphatic heterocycles. The highest BCUT2D eigenvalue weighted by molar-refractivity contribution is 6.30. The third-order valence-electron chi connectivity index (χ3n) is 2.61. The van der Waals surface area contributed by atoms with E-state index in [0.29, 0.717) is 16.7 Å². The molecule has 0 heterocycles. The third-order valence-corrected chi connectivity index (χ3v) is 2.83. The van der Waals surface area contributed by atoms with Gasteiger partial charge < -0.3 is 5.73 Å². The second-order valence-corrected chi connectivity index (χ2v) is 4.54. The average molecular weight is 282 g/mol. The lowest BCUT2D eigenvalue weighted by atomic mass is 9.97.